The lowest BCUT2D eigenvalue weighted by Crippen LogP contribution is -2.31. The molecule has 9 heteroatoms. The average molecular weight is 364 g/mol. The van der Waals surface area contributed by atoms with E-state index in [0.717, 1.165) is 24.2 Å². The van der Waals surface area contributed by atoms with Gasteiger partial charge in [0.15, 0.2) is 0 Å². The van der Waals surface area contributed by atoms with Gasteiger partial charge in [-0.05, 0) is 37.1 Å². The Balaban J connectivity index is 1.59. The number of nitrogens with two attached hydrogens (primary N) is 2. The predicted molar refractivity (Wildman–Crippen MR) is 102 cm³/mol. The Labute approximate surface area is 155 Å². The van der Waals surface area contributed by atoms with Crippen LogP contribution in [0.5, 0.6) is 0 Å². The summed E-state index contributed by atoms with van der Waals surface area (Å²) in [6.07, 6.45) is 6.92. The van der Waals surface area contributed by atoms with Crippen LogP contribution in [0.25, 0.3) is 5.69 Å². The van der Waals surface area contributed by atoms with Crippen molar-refractivity contribution in [3.8, 4) is 5.69 Å². The Morgan fingerprint density at radius 1 is 1.30 bits per heavy atom. The van der Waals surface area contributed by atoms with Crippen molar-refractivity contribution in [3.05, 3.63) is 54.5 Å². The summed E-state index contributed by atoms with van der Waals surface area (Å²) in [6.45, 7) is 0.580. The lowest BCUT2D eigenvalue weighted by Gasteiger charge is -2.14. The second kappa shape index (κ2) is 6.69. The van der Waals surface area contributed by atoms with Crippen molar-refractivity contribution in [1.29, 1.82) is 0 Å². The van der Waals surface area contributed by atoms with Crippen molar-refractivity contribution < 1.29 is 4.79 Å². The van der Waals surface area contributed by atoms with E-state index in [1.54, 1.807) is 10.9 Å². The van der Waals surface area contributed by atoms with Gasteiger partial charge in [0.25, 0.3) is 5.91 Å². The highest BCUT2D eigenvalue weighted by Gasteiger charge is 2.38. The summed E-state index contributed by atoms with van der Waals surface area (Å²) in [6, 6.07) is 9.42. The summed E-state index contributed by atoms with van der Waals surface area (Å²) in [4.78, 5) is 20.3. The fourth-order valence-corrected chi connectivity index (χ4v) is 2.62. The molecule has 0 saturated heterocycles. The fourth-order valence-electron chi connectivity index (χ4n) is 2.62. The average Bonchev–Trinajstić information content (AvgIpc) is 3.16. The molecular weight excluding hydrogens is 344 g/mol. The maximum atomic E-state index is 11.8. The van der Waals surface area contributed by atoms with Crippen molar-refractivity contribution in [2.45, 2.75) is 18.4 Å². The first-order chi connectivity index (χ1) is 13.0. The molecule has 138 valence electrons. The maximum absolute atomic E-state index is 11.8. The van der Waals surface area contributed by atoms with Crippen LogP contribution in [0.15, 0.2) is 48.9 Å². The highest BCUT2D eigenvalue weighted by atomic mass is 16.1. The van der Waals surface area contributed by atoms with E-state index < -0.39 is 5.91 Å². The molecule has 1 aliphatic rings. The minimum absolute atomic E-state index is 0.183. The zero-order valence-corrected chi connectivity index (χ0v) is 14.6. The topological polar surface area (TPSA) is 137 Å². The van der Waals surface area contributed by atoms with E-state index in [4.69, 9.17) is 11.5 Å². The Bertz CT molecular complexity index is 965. The number of anilines is 3. The molecule has 0 unspecified atom stereocenters. The molecule has 2 heterocycles. The number of carbonyl (C=O) groups excluding carboxylic acids is 1. The standard InChI is InChI=1S/C18H20N8O/c19-15(27)14-10-21-17(22-11-18(20)5-6-18)25-16(14)24-12-3-1-4-13(9-12)26-8-2-7-23-26/h1-4,7-10H,5-6,11,20H2,(H2,19,27)(H2,21,22,24,25). The van der Waals surface area contributed by atoms with Crippen LogP contribution < -0.4 is 22.1 Å². The molecule has 9 nitrogen and oxygen atoms in total. The number of primary amides is 1. The van der Waals surface area contributed by atoms with Crippen molar-refractivity contribution >= 4 is 23.4 Å². The molecule has 1 aromatic carbocycles. The Morgan fingerprint density at radius 2 is 2.15 bits per heavy atom. The Morgan fingerprint density at radius 3 is 2.85 bits per heavy atom. The molecule has 2 aromatic heterocycles. The summed E-state index contributed by atoms with van der Waals surface area (Å²) in [5, 5.41) is 10.5. The molecule has 1 aliphatic carbocycles. The van der Waals surface area contributed by atoms with E-state index in [9.17, 15) is 4.79 Å². The smallest absolute Gasteiger partial charge is 0.254 e. The van der Waals surface area contributed by atoms with Crippen molar-refractivity contribution in [3.63, 3.8) is 0 Å². The van der Waals surface area contributed by atoms with Gasteiger partial charge < -0.3 is 22.1 Å². The number of nitrogens with zero attached hydrogens (tertiary/aromatic N) is 4. The molecule has 27 heavy (non-hydrogen) atoms. The molecule has 0 atom stereocenters. The summed E-state index contributed by atoms with van der Waals surface area (Å²) in [5.41, 5.74) is 13.2. The third-order valence-electron chi connectivity index (χ3n) is 4.42. The number of rotatable bonds is 7. The van der Waals surface area contributed by atoms with Crippen LogP contribution in [0.1, 0.15) is 23.2 Å². The summed E-state index contributed by atoms with van der Waals surface area (Å²) < 4.78 is 1.74. The van der Waals surface area contributed by atoms with Gasteiger partial charge >= 0.3 is 0 Å². The van der Waals surface area contributed by atoms with Gasteiger partial charge in [0, 0.05) is 36.4 Å². The van der Waals surface area contributed by atoms with Crippen LogP contribution in [-0.2, 0) is 0 Å². The van der Waals surface area contributed by atoms with E-state index >= 15 is 0 Å². The SMILES string of the molecule is NC(=O)c1cnc(NCC2(N)CC2)nc1Nc1cccc(-n2cccn2)c1. The molecule has 1 amide bonds. The molecule has 3 aromatic rings. The fraction of sp³-hybridized carbons (Fsp3) is 0.222. The number of benzene rings is 1. The van der Waals surface area contributed by atoms with E-state index in [1.807, 2.05) is 36.5 Å². The maximum Gasteiger partial charge on any atom is 0.254 e. The summed E-state index contributed by atoms with van der Waals surface area (Å²) in [7, 11) is 0. The Hall–Kier alpha value is -3.46. The zero-order chi connectivity index (χ0) is 18.9. The highest BCUT2D eigenvalue weighted by molar-refractivity contribution is 5.98. The first-order valence-corrected chi connectivity index (χ1v) is 8.59. The van der Waals surface area contributed by atoms with E-state index in [2.05, 4.69) is 25.7 Å². The zero-order valence-electron chi connectivity index (χ0n) is 14.6. The second-order valence-electron chi connectivity index (χ2n) is 6.66. The van der Waals surface area contributed by atoms with Crippen LogP contribution in [0, 0.1) is 0 Å². The number of nitrogens with one attached hydrogen (secondary N) is 2. The lowest BCUT2D eigenvalue weighted by atomic mass is 10.2. The van der Waals surface area contributed by atoms with Crippen molar-refractivity contribution in [1.82, 2.24) is 19.7 Å². The third-order valence-corrected chi connectivity index (χ3v) is 4.42. The van der Waals surface area contributed by atoms with Crippen LogP contribution >= 0.6 is 0 Å². The molecule has 1 fully saturated rings. The van der Waals surface area contributed by atoms with Gasteiger partial charge in [0.2, 0.25) is 5.95 Å². The van der Waals surface area contributed by atoms with Gasteiger partial charge in [0.05, 0.1) is 5.69 Å². The van der Waals surface area contributed by atoms with Gasteiger partial charge in [-0.3, -0.25) is 4.79 Å². The second-order valence-corrected chi connectivity index (χ2v) is 6.66. The Kier molecular flexibility index (Phi) is 4.21. The van der Waals surface area contributed by atoms with Crippen LogP contribution in [0.3, 0.4) is 0 Å². The number of amides is 1. The molecule has 0 radical (unpaired) electrons. The van der Waals surface area contributed by atoms with Crippen LogP contribution in [-0.4, -0.2) is 37.7 Å². The van der Waals surface area contributed by atoms with Gasteiger partial charge in [-0.25, -0.2) is 9.67 Å². The normalized spacial score (nSPS) is 14.6. The van der Waals surface area contributed by atoms with Gasteiger partial charge in [-0.1, -0.05) is 6.07 Å². The van der Waals surface area contributed by atoms with Crippen molar-refractivity contribution in [2.24, 2.45) is 11.5 Å². The molecule has 0 aliphatic heterocycles. The van der Waals surface area contributed by atoms with E-state index in [0.29, 0.717) is 18.3 Å². The lowest BCUT2D eigenvalue weighted by molar-refractivity contribution is 0.100. The van der Waals surface area contributed by atoms with E-state index in [1.165, 1.54) is 6.20 Å². The first kappa shape index (κ1) is 17.0. The molecule has 1 saturated carbocycles. The van der Waals surface area contributed by atoms with Gasteiger partial charge in [-0.2, -0.15) is 10.1 Å². The number of hydrogen-bond acceptors (Lipinski definition) is 7. The minimum Gasteiger partial charge on any atom is -0.365 e. The number of hydrogen-bond donors (Lipinski definition) is 4. The quantitative estimate of drug-likeness (QED) is 0.497. The highest BCUT2D eigenvalue weighted by Crippen LogP contribution is 2.32. The van der Waals surface area contributed by atoms with Gasteiger partial charge in [-0.15, -0.1) is 0 Å². The third kappa shape index (κ3) is 3.87. The predicted octanol–water partition coefficient (Wildman–Crippen LogP) is 1.41. The van der Waals surface area contributed by atoms with Crippen LogP contribution in [0.4, 0.5) is 17.5 Å². The number of aromatic nitrogens is 4. The summed E-state index contributed by atoms with van der Waals surface area (Å²) in [5.74, 6) is 0.117. The molecular formula is C18H20N8O. The van der Waals surface area contributed by atoms with E-state index in [-0.39, 0.29) is 11.1 Å². The number of carbonyl (C=O) groups is 1. The van der Waals surface area contributed by atoms with Gasteiger partial charge in [0.1, 0.15) is 11.4 Å². The minimum atomic E-state index is -0.607. The van der Waals surface area contributed by atoms with Crippen LogP contribution in [0.2, 0.25) is 0 Å². The largest absolute Gasteiger partial charge is 0.365 e. The molecule has 6 N–H and O–H groups in total. The molecule has 0 spiro atoms. The monoisotopic (exact) mass is 364 g/mol. The first-order valence-electron chi connectivity index (χ1n) is 8.59. The molecule has 4 rings (SSSR count). The van der Waals surface area contributed by atoms with Crippen molar-refractivity contribution in [2.75, 3.05) is 17.2 Å². The summed E-state index contributed by atoms with van der Waals surface area (Å²) >= 11 is 0. The molecule has 0 bridgehead atoms.